The molecule has 0 saturated carbocycles. The molecule has 2 aromatic heterocycles. The Morgan fingerprint density at radius 3 is 2.58 bits per heavy atom. The second-order valence-corrected chi connectivity index (χ2v) is 4.55. The van der Waals surface area contributed by atoms with Crippen molar-refractivity contribution in [2.75, 3.05) is 12.4 Å². The first-order chi connectivity index (χ1) is 9.01. The Morgan fingerprint density at radius 2 is 2.05 bits per heavy atom. The summed E-state index contributed by atoms with van der Waals surface area (Å²) in [5.41, 5.74) is 0.158. The molecule has 10 heteroatoms. The van der Waals surface area contributed by atoms with Crippen LogP contribution in [0, 0.1) is 24.0 Å². The number of nitrogens with one attached hydrogen (secondary N) is 2. The van der Waals surface area contributed by atoms with Gasteiger partial charge >= 0.3 is 5.69 Å². The Hall–Kier alpha value is -2.23. The van der Waals surface area contributed by atoms with Crippen molar-refractivity contribution in [3.05, 3.63) is 21.6 Å². The average molecular weight is 281 g/mol. The van der Waals surface area contributed by atoms with Crippen LogP contribution in [0.2, 0.25) is 0 Å². The number of hydrogen-bond acceptors (Lipinski definition) is 8. The lowest BCUT2D eigenvalue weighted by molar-refractivity contribution is -0.389. The molecule has 0 aliphatic heterocycles. The first kappa shape index (κ1) is 13.2. The zero-order valence-corrected chi connectivity index (χ0v) is 11.3. The van der Waals surface area contributed by atoms with E-state index in [0.29, 0.717) is 22.6 Å². The Morgan fingerprint density at radius 1 is 1.32 bits per heavy atom. The molecule has 0 atom stereocenters. The van der Waals surface area contributed by atoms with Crippen molar-refractivity contribution in [3.8, 4) is 0 Å². The summed E-state index contributed by atoms with van der Waals surface area (Å²) < 4.78 is 0. The number of nitro groups is 1. The van der Waals surface area contributed by atoms with Gasteiger partial charge in [0.2, 0.25) is 11.1 Å². The number of aryl methyl sites for hydroxylation is 2. The van der Waals surface area contributed by atoms with Crippen LogP contribution in [0.25, 0.3) is 0 Å². The second-order valence-electron chi connectivity index (χ2n) is 3.60. The van der Waals surface area contributed by atoms with Crippen LogP contribution in [0.15, 0.2) is 10.2 Å². The molecule has 0 aromatic carbocycles. The molecule has 2 heterocycles. The van der Waals surface area contributed by atoms with Crippen molar-refractivity contribution in [1.29, 1.82) is 0 Å². The molecule has 0 aliphatic rings. The minimum Gasteiger partial charge on any atom is -0.357 e. The van der Waals surface area contributed by atoms with Gasteiger partial charge in [-0.1, -0.05) is 0 Å². The Balaban J connectivity index is 2.47. The highest BCUT2D eigenvalue weighted by Crippen LogP contribution is 2.33. The van der Waals surface area contributed by atoms with Gasteiger partial charge in [-0.25, -0.2) is 9.97 Å². The molecule has 0 radical (unpaired) electrons. The van der Waals surface area contributed by atoms with Crippen molar-refractivity contribution >= 4 is 23.4 Å². The van der Waals surface area contributed by atoms with E-state index in [2.05, 4.69) is 30.5 Å². The minimum atomic E-state index is -0.503. The predicted octanol–water partition coefficient (Wildman–Crippen LogP) is 1.31. The van der Waals surface area contributed by atoms with Gasteiger partial charge in [-0.2, -0.15) is 4.98 Å². The van der Waals surface area contributed by atoms with Gasteiger partial charge in [0.1, 0.15) is 11.5 Å². The summed E-state index contributed by atoms with van der Waals surface area (Å²) in [6, 6.07) is 0. The number of nitrogens with zero attached hydrogens (tertiary/aromatic N) is 5. The molecule has 19 heavy (non-hydrogen) atoms. The van der Waals surface area contributed by atoms with Gasteiger partial charge in [-0.15, -0.1) is 5.10 Å². The van der Waals surface area contributed by atoms with E-state index < -0.39 is 4.92 Å². The average Bonchev–Trinajstić information content (AvgIpc) is 2.73. The molecule has 0 spiro atoms. The Labute approximate surface area is 112 Å². The zero-order chi connectivity index (χ0) is 14.0. The van der Waals surface area contributed by atoms with E-state index in [4.69, 9.17) is 0 Å². The zero-order valence-electron chi connectivity index (χ0n) is 10.5. The molecule has 0 aliphatic carbocycles. The number of aromatic nitrogens is 5. The Bertz CT molecular complexity index is 627. The minimum absolute atomic E-state index is 0.133. The number of hydrogen-bond donors (Lipinski definition) is 2. The van der Waals surface area contributed by atoms with E-state index in [1.54, 1.807) is 20.9 Å². The van der Waals surface area contributed by atoms with Gasteiger partial charge in [0, 0.05) is 7.05 Å². The van der Waals surface area contributed by atoms with Gasteiger partial charge in [0.25, 0.3) is 0 Å². The summed E-state index contributed by atoms with van der Waals surface area (Å²) in [6.45, 7) is 3.31. The number of H-pyrrole nitrogens is 1. The number of rotatable bonds is 4. The van der Waals surface area contributed by atoms with Gasteiger partial charge in [0.05, 0.1) is 4.92 Å². The van der Waals surface area contributed by atoms with Crippen molar-refractivity contribution in [2.45, 2.75) is 24.0 Å². The summed E-state index contributed by atoms with van der Waals surface area (Å²) in [7, 11) is 1.64. The van der Waals surface area contributed by atoms with Gasteiger partial charge < -0.3 is 5.32 Å². The van der Waals surface area contributed by atoms with Crippen LogP contribution in [0.5, 0.6) is 0 Å². The van der Waals surface area contributed by atoms with E-state index in [1.165, 1.54) is 0 Å². The van der Waals surface area contributed by atoms with Crippen LogP contribution >= 0.6 is 11.8 Å². The molecule has 9 nitrogen and oxygen atoms in total. The van der Waals surface area contributed by atoms with Crippen LogP contribution in [0.1, 0.15) is 11.5 Å². The van der Waals surface area contributed by atoms with E-state index in [9.17, 15) is 10.1 Å². The molecule has 2 rings (SSSR count). The number of aromatic amines is 1. The van der Waals surface area contributed by atoms with Gasteiger partial charge in [0.15, 0.2) is 5.03 Å². The molecule has 2 N–H and O–H groups in total. The molecular weight excluding hydrogens is 270 g/mol. The van der Waals surface area contributed by atoms with E-state index in [0.717, 1.165) is 11.8 Å². The molecule has 0 saturated heterocycles. The summed E-state index contributed by atoms with van der Waals surface area (Å²) in [4.78, 5) is 22.7. The van der Waals surface area contributed by atoms with Gasteiger partial charge in [-0.3, -0.25) is 15.2 Å². The highest BCUT2D eigenvalue weighted by molar-refractivity contribution is 7.99. The largest absolute Gasteiger partial charge is 0.357 e. The van der Waals surface area contributed by atoms with Crippen molar-refractivity contribution in [1.82, 2.24) is 25.1 Å². The first-order valence-corrected chi connectivity index (χ1v) is 6.10. The fourth-order valence-electron chi connectivity index (χ4n) is 1.39. The topological polar surface area (TPSA) is 123 Å². The maximum absolute atomic E-state index is 11.1. The van der Waals surface area contributed by atoms with Crippen LogP contribution < -0.4 is 5.32 Å². The lowest BCUT2D eigenvalue weighted by Crippen LogP contribution is -2.04. The van der Waals surface area contributed by atoms with Gasteiger partial charge in [-0.05, 0) is 25.6 Å². The third kappa shape index (κ3) is 2.78. The standard InChI is InChI=1S/C9H11N7O2S/c1-4-6(16(17)18)7(13-8(10-3)11-4)19-9-12-5(2)14-15-9/h1-3H3,(H,10,11,13)(H,12,14,15). The molecular formula is C9H11N7O2S. The molecule has 100 valence electrons. The van der Waals surface area contributed by atoms with Crippen molar-refractivity contribution in [3.63, 3.8) is 0 Å². The normalized spacial score (nSPS) is 10.5. The third-order valence-electron chi connectivity index (χ3n) is 2.20. The summed E-state index contributed by atoms with van der Waals surface area (Å²) >= 11 is 1.02. The number of anilines is 1. The molecule has 2 aromatic rings. The lowest BCUT2D eigenvalue weighted by atomic mass is 10.4. The molecule has 0 bridgehead atoms. The highest BCUT2D eigenvalue weighted by atomic mass is 32.2. The van der Waals surface area contributed by atoms with Crippen LogP contribution in [0.4, 0.5) is 11.6 Å². The van der Waals surface area contributed by atoms with Crippen LogP contribution in [-0.2, 0) is 0 Å². The maximum atomic E-state index is 11.1. The van der Waals surface area contributed by atoms with Crippen LogP contribution in [-0.4, -0.2) is 37.1 Å². The summed E-state index contributed by atoms with van der Waals surface area (Å²) in [5, 5.41) is 21.0. The summed E-state index contributed by atoms with van der Waals surface area (Å²) in [6.07, 6.45) is 0. The first-order valence-electron chi connectivity index (χ1n) is 5.29. The fraction of sp³-hybridized carbons (Fsp3) is 0.333. The molecule has 0 unspecified atom stereocenters. The quantitative estimate of drug-likeness (QED) is 0.488. The Kier molecular flexibility index (Phi) is 3.60. The highest BCUT2D eigenvalue weighted by Gasteiger charge is 2.23. The fourth-order valence-corrected chi connectivity index (χ4v) is 2.29. The summed E-state index contributed by atoms with van der Waals surface area (Å²) in [5.74, 6) is 0.947. The monoisotopic (exact) mass is 281 g/mol. The molecule has 0 fully saturated rings. The SMILES string of the molecule is CNc1nc(C)c([N+](=O)[O-])c(Sc2n[nH]c(C)n2)n1. The maximum Gasteiger partial charge on any atom is 0.322 e. The van der Waals surface area contributed by atoms with E-state index in [-0.39, 0.29) is 10.7 Å². The smallest absolute Gasteiger partial charge is 0.322 e. The van der Waals surface area contributed by atoms with Crippen LogP contribution in [0.3, 0.4) is 0 Å². The molecule has 0 amide bonds. The second kappa shape index (κ2) is 5.18. The van der Waals surface area contributed by atoms with E-state index >= 15 is 0 Å². The van der Waals surface area contributed by atoms with Crippen molar-refractivity contribution < 1.29 is 4.92 Å². The van der Waals surface area contributed by atoms with E-state index in [1.807, 2.05) is 0 Å². The predicted molar refractivity (Wildman–Crippen MR) is 68.2 cm³/mol. The third-order valence-corrected chi connectivity index (χ3v) is 3.04. The van der Waals surface area contributed by atoms with Crippen molar-refractivity contribution in [2.24, 2.45) is 0 Å². The lowest BCUT2D eigenvalue weighted by Gasteiger charge is -2.04.